The van der Waals surface area contributed by atoms with Crippen LogP contribution in [0, 0.1) is 6.92 Å². The molecule has 0 unspecified atom stereocenters. The van der Waals surface area contributed by atoms with Gasteiger partial charge in [0.1, 0.15) is 11.4 Å². The first-order valence-corrected chi connectivity index (χ1v) is 8.97. The van der Waals surface area contributed by atoms with Crippen LogP contribution in [0.15, 0.2) is 53.9 Å². The third kappa shape index (κ3) is 5.05. The van der Waals surface area contributed by atoms with Crippen LogP contribution in [0.2, 0.25) is 0 Å². The van der Waals surface area contributed by atoms with Crippen molar-refractivity contribution < 1.29 is 14.3 Å². The third-order valence-electron chi connectivity index (χ3n) is 3.58. The molecule has 0 aliphatic carbocycles. The summed E-state index contributed by atoms with van der Waals surface area (Å²) in [5.74, 6) is 0.344. The Morgan fingerprint density at radius 2 is 1.78 bits per heavy atom. The quantitative estimate of drug-likeness (QED) is 0.611. The maximum absolute atomic E-state index is 12.3. The number of hydrogen-bond donors (Lipinski definition) is 3. The number of nitrogens with one attached hydrogen (secondary N) is 3. The summed E-state index contributed by atoms with van der Waals surface area (Å²) in [5, 5.41) is 10.0. The Kier molecular flexibility index (Phi) is 5.68. The van der Waals surface area contributed by atoms with Gasteiger partial charge in [0.05, 0.1) is 7.11 Å². The van der Waals surface area contributed by atoms with E-state index in [1.807, 2.05) is 25.1 Å². The average Bonchev–Trinajstić information content (AvgIpc) is 3.11. The van der Waals surface area contributed by atoms with Crippen molar-refractivity contribution in [3.05, 3.63) is 65.2 Å². The SMILES string of the molecule is COc1ccc(NC(=O)c2csc(NC(=O)Nc3cccc(C)c3)n2)cc1. The van der Waals surface area contributed by atoms with Gasteiger partial charge in [0.25, 0.3) is 5.91 Å². The summed E-state index contributed by atoms with van der Waals surface area (Å²) in [4.78, 5) is 28.5. The fourth-order valence-electron chi connectivity index (χ4n) is 2.29. The predicted octanol–water partition coefficient (Wildman–Crippen LogP) is 4.36. The van der Waals surface area contributed by atoms with E-state index in [0.29, 0.717) is 22.3 Å². The van der Waals surface area contributed by atoms with Crippen LogP contribution in [-0.4, -0.2) is 24.0 Å². The van der Waals surface area contributed by atoms with Crippen molar-refractivity contribution in [1.29, 1.82) is 0 Å². The van der Waals surface area contributed by atoms with Crippen molar-refractivity contribution in [3.63, 3.8) is 0 Å². The predicted molar refractivity (Wildman–Crippen MR) is 107 cm³/mol. The second-order valence-electron chi connectivity index (χ2n) is 5.67. The summed E-state index contributed by atoms with van der Waals surface area (Å²) in [6, 6.07) is 14.0. The Hall–Kier alpha value is -3.39. The van der Waals surface area contributed by atoms with Crippen LogP contribution in [0.4, 0.5) is 21.3 Å². The van der Waals surface area contributed by atoms with Gasteiger partial charge in [0.2, 0.25) is 0 Å². The summed E-state index contributed by atoms with van der Waals surface area (Å²) in [7, 11) is 1.58. The molecule has 27 heavy (non-hydrogen) atoms. The minimum Gasteiger partial charge on any atom is -0.497 e. The molecular weight excluding hydrogens is 364 g/mol. The zero-order valence-electron chi connectivity index (χ0n) is 14.8. The summed E-state index contributed by atoms with van der Waals surface area (Å²) < 4.78 is 5.08. The average molecular weight is 382 g/mol. The van der Waals surface area contributed by atoms with Gasteiger partial charge in [0, 0.05) is 16.8 Å². The number of aryl methyl sites for hydroxylation is 1. The van der Waals surface area contributed by atoms with Crippen molar-refractivity contribution in [2.24, 2.45) is 0 Å². The molecular formula is C19H18N4O3S. The molecule has 7 nitrogen and oxygen atoms in total. The van der Waals surface area contributed by atoms with Crippen molar-refractivity contribution in [2.45, 2.75) is 6.92 Å². The minimum absolute atomic E-state index is 0.224. The first-order valence-electron chi connectivity index (χ1n) is 8.09. The largest absolute Gasteiger partial charge is 0.497 e. The zero-order valence-corrected chi connectivity index (χ0v) is 15.6. The lowest BCUT2D eigenvalue weighted by atomic mass is 10.2. The lowest BCUT2D eigenvalue weighted by Gasteiger charge is -2.06. The highest BCUT2D eigenvalue weighted by Gasteiger charge is 2.13. The molecule has 0 fully saturated rings. The number of benzene rings is 2. The number of ether oxygens (including phenoxy) is 1. The number of carbonyl (C=O) groups is 2. The number of anilines is 3. The standard InChI is InChI=1S/C19H18N4O3S/c1-12-4-3-5-14(10-12)21-18(25)23-19-22-16(11-27-19)17(24)20-13-6-8-15(26-2)9-7-13/h3-11H,1-2H3,(H,20,24)(H2,21,22,23,25). The second kappa shape index (κ2) is 8.33. The molecule has 0 atom stereocenters. The van der Waals surface area contributed by atoms with Gasteiger partial charge in [-0.05, 0) is 48.9 Å². The summed E-state index contributed by atoms with van der Waals surface area (Å²) in [6.07, 6.45) is 0. The van der Waals surface area contributed by atoms with E-state index in [-0.39, 0.29) is 11.6 Å². The Labute approximate surface area is 160 Å². The Balaban J connectivity index is 1.58. The summed E-state index contributed by atoms with van der Waals surface area (Å²) in [5.41, 5.74) is 2.57. The van der Waals surface area contributed by atoms with E-state index < -0.39 is 6.03 Å². The topological polar surface area (TPSA) is 92.4 Å². The number of rotatable bonds is 5. The minimum atomic E-state index is -0.419. The molecule has 0 spiro atoms. The highest BCUT2D eigenvalue weighted by Crippen LogP contribution is 2.19. The van der Waals surface area contributed by atoms with E-state index in [1.165, 1.54) is 11.3 Å². The van der Waals surface area contributed by atoms with Crippen LogP contribution < -0.4 is 20.7 Å². The van der Waals surface area contributed by atoms with Gasteiger partial charge in [-0.25, -0.2) is 9.78 Å². The molecule has 3 N–H and O–H groups in total. The number of thiazole rings is 1. The van der Waals surface area contributed by atoms with Crippen molar-refractivity contribution in [2.75, 3.05) is 23.1 Å². The van der Waals surface area contributed by atoms with Gasteiger partial charge >= 0.3 is 6.03 Å². The van der Waals surface area contributed by atoms with Crippen molar-refractivity contribution in [1.82, 2.24) is 4.98 Å². The molecule has 3 amide bonds. The monoisotopic (exact) mass is 382 g/mol. The number of methoxy groups -OCH3 is 1. The van der Waals surface area contributed by atoms with Gasteiger partial charge in [-0.3, -0.25) is 10.1 Å². The highest BCUT2D eigenvalue weighted by molar-refractivity contribution is 7.14. The number of amides is 3. The smallest absolute Gasteiger partial charge is 0.325 e. The molecule has 0 aliphatic heterocycles. The van der Waals surface area contributed by atoms with Gasteiger partial charge in [-0.1, -0.05) is 12.1 Å². The number of carbonyl (C=O) groups excluding carboxylic acids is 2. The van der Waals surface area contributed by atoms with Crippen LogP contribution in [0.3, 0.4) is 0 Å². The van der Waals surface area contributed by atoms with Gasteiger partial charge < -0.3 is 15.4 Å². The van der Waals surface area contributed by atoms with Crippen molar-refractivity contribution in [3.8, 4) is 5.75 Å². The van der Waals surface area contributed by atoms with Crippen LogP contribution >= 0.6 is 11.3 Å². The zero-order chi connectivity index (χ0) is 19.2. The third-order valence-corrected chi connectivity index (χ3v) is 4.34. The van der Waals surface area contributed by atoms with E-state index in [0.717, 1.165) is 5.56 Å². The Morgan fingerprint density at radius 1 is 1.00 bits per heavy atom. The summed E-state index contributed by atoms with van der Waals surface area (Å²) >= 11 is 1.17. The second-order valence-corrected chi connectivity index (χ2v) is 6.53. The molecule has 8 heteroatoms. The number of aromatic nitrogens is 1. The van der Waals surface area contributed by atoms with Crippen molar-refractivity contribution >= 4 is 39.8 Å². The van der Waals surface area contributed by atoms with E-state index in [1.54, 1.807) is 42.8 Å². The Bertz CT molecular complexity index is 954. The van der Waals surface area contributed by atoms with Gasteiger partial charge in [0.15, 0.2) is 5.13 Å². The molecule has 0 saturated carbocycles. The molecule has 138 valence electrons. The van der Waals surface area contributed by atoms with E-state index in [9.17, 15) is 9.59 Å². The van der Waals surface area contributed by atoms with E-state index in [2.05, 4.69) is 20.9 Å². The maximum atomic E-state index is 12.3. The normalized spacial score (nSPS) is 10.1. The maximum Gasteiger partial charge on any atom is 0.325 e. The Morgan fingerprint density at radius 3 is 2.48 bits per heavy atom. The van der Waals surface area contributed by atoms with Gasteiger partial charge in [-0.15, -0.1) is 11.3 Å². The molecule has 0 saturated heterocycles. The molecule has 1 aromatic heterocycles. The van der Waals surface area contributed by atoms with Crippen LogP contribution in [0.25, 0.3) is 0 Å². The van der Waals surface area contributed by atoms with E-state index in [4.69, 9.17) is 4.74 Å². The molecule has 0 aliphatic rings. The summed E-state index contributed by atoms with van der Waals surface area (Å²) in [6.45, 7) is 1.94. The fourth-order valence-corrected chi connectivity index (χ4v) is 2.97. The first kappa shape index (κ1) is 18.4. The number of urea groups is 1. The van der Waals surface area contributed by atoms with Crippen LogP contribution in [0.5, 0.6) is 5.75 Å². The lowest BCUT2D eigenvalue weighted by Crippen LogP contribution is -2.19. The molecule has 0 bridgehead atoms. The fraction of sp³-hybridized carbons (Fsp3) is 0.105. The van der Waals surface area contributed by atoms with E-state index >= 15 is 0 Å². The first-order chi connectivity index (χ1) is 13.0. The lowest BCUT2D eigenvalue weighted by molar-refractivity contribution is 0.102. The number of hydrogen-bond acceptors (Lipinski definition) is 5. The molecule has 2 aromatic carbocycles. The van der Waals surface area contributed by atoms with Crippen LogP contribution in [-0.2, 0) is 0 Å². The molecule has 1 heterocycles. The molecule has 3 aromatic rings. The van der Waals surface area contributed by atoms with Gasteiger partial charge in [-0.2, -0.15) is 0 Å². The molecule has 0 radical (unpaired) electrons. The highest BCUT2D eigenvalue weighted by atomic mass is 32.1. The van der Waals surface area contributed by atoms with Crippen LogP contribution in [0.1, 0.15) is 16.1 Å². The number of nitrogens with zero attached hydrogens (tertiary/aromatic N) is 1. The molecule has 3 rings (SSSR count).